The van der Waals surface area contributed by atoms with Crippen LogP contribution in [0.15, 0.2) is 168 Å². The second kappa shape index (κ2) is 11.2. The topological polar surface area (TPSA) is 51.8 Å². The van der Waals surface area contributed by atoms with Gasteiger partial charge in [0.15, 0.2) is 17.5 Å². The fourth-order valence-electron chi connectivity index (χ4n) is 6.43. The first-order valence-electron chi connectivity index (χ1n) is 15.7. The first kappa shape index (κ1) is 27.0. The van der Waals surface area contributed by atoms with Gasteiger partial charge in [0, 0.05) is 32.8 Å². The maximum atomic E-state index is 6.52. The first-order chi connectivity index (χ1) is 23.3. The molecule has 0 N–H and O–H groups in total. The van der Waals surface area contributed by atoms with E-state index in [4.69, 9.17) is 19.4 Å². The second-order valence-corrected chi connectivity index (χ2v) is 11.6. The molecule has 47 heavy (non-hydrogen) atoms. The Balaban J connectivity index is 1.32. The van der Waals surface area contributed by atoms with E-state index in [2.05, 4.69) is 103 Å². The van der Waals surface area contributed by atoms with Crippen molar-refractivity contribution in [2.24, 2.45) is 0 Å². The molecule has 0 radical (unpaired) electrons. The molecule has 7 aromatic carbocycles. The minimum Gasteiger partial charge on any atom is -0.455 e. The number of fused-ring (bicyclic) bond motifs is 5. The van der Waals surface area contributed by atoms with Crippen molar-refractivity contribution in [1.29, 1.82) is 0 Å². The van der Waals surface area contributed by atoms with Crippen LogP contribution in [0.5, 0.6) is 0 Å². The smallest absolute Gasteiger partial charge is 0.164 e. The number of rotatable bonds is 5. The number of aromatic nitrogens is 3. The molecular formula is C43H27N3O. The highest BCUT2D eigenvalue weighted by molar-refractivity contribution is 6.18. The van der Waals surface area contributed by atoms with Crippen LogP contribution in [0.2, 0.25) is 0 Å². The van der Waals surface area contributed by atoms with Crippen LogP contribution in [0.4, 0.5) is 0 Å². The Labute approximate surface area is 271 Å². The maximum Gasteiger partial charge on any atom is 0.164 e. The number of furan rings is 1. The number of benzene rings is 7. The van der Waals surface area contributed by atoms with Crippen LogP contribution in [-0.2, 0) is 0 Å². The van der Waals surface area contributed by atoms with E-state index in [1.807, 2.05) is 60.7 Å². The zero-order chi connectivity index (χ0) is 31.2. The highest BCUT2D eigenvalue weighted by atomic mass is 16.3. The third-order valence-electron chi connectivity index (χ3n) is 8.70. The molecule has 0 unspecified atom stereocenters. The van der Waals surface area contributed by atoms with Crippen LogP contribution in [0, 0.1) is 0 Å². The largest absolute Gasteiger partial charge is 0.455 e. The van der Waals surface area contributed by atoms with Crippen molar-refractivity contribution >= 4 is 32.7 Å². The van der Waals surface area contributed by atoms with Crippen molar-refractivity contribution in [3.63, 3.8) is 0 Å². The molecule has 0 aliphatic heterocycles. The Hall–Kier alpha value is -6.39. The molecule has 0 atom stereocenters. The van der Waals surface area contributed by atoms with Gasteiger partial charge in [-0.15, -0.1) is 0 Å². The Morgan fingerprint density at radius 1 is 0.362 bits per heavy atom. The molecule has 4 heteroatoms. The Morgan fingerprint density at radius 2 is 0.915 bits per heavy atom. The van der Waals surface area contributed by atoms with E-state index in [0.29, 0.717) is 17.5 Å². The molecular weight excluding hydrogens is 574 g/mol. The van der Waals surface area contributed by atoms with E-state index in [-0.39, 0.29) is 0 Å². The Kier molecular flexibility index (Phi) is 6.43. The van der Waals surface area contributed by atoms with Crippen LogP contribution < -0.4 is 0 Å². The maximum absolute atomic E-state index is 6.52. The summed E-state index contributed by atoms with van der Waals surface area (Å²) in [6, 6.07) is 56.3. The molecule has 0 bridgehead atoms. The van der Waals surface area contributed by atoms with Crippen molar-refractivity contribution in [3.05, 3.63) is 164 Å². The van der Waals surface area contributed by atoms with Gasteiger partial charge < -0.3 is 4.42 Å². The summed E-state index contributed by atoms with van der Waals surface area (Å²) in [5.74, 6) is 1.82. The van der Waals surface area contributed by atoms with E-state index in [0.717, 1.165) is 71.7 Å². The lowest BCUT2D eigenvalue weighted by Gasteiger charge is -2.13. The van der Waals surface area contributed by atoms with E-state index in [1.54, 1.807) is 0 Å². The van der Waals surface area contributed by atoms with Gasteiger partial charge in [0.25, 0.3) is 0 Å². The van der Waals surface area contributed by atoms with Gasteiger partial charge in [-0.2, -0.15) is 0 Å². The second-order valence-electron chi connectivity index (χ2n) is 11.6. The lowest BCUT2D eigenvalue weighted by atomic mass is 9.95. The van der Waals surface area contributed by atoms with Crippen LogP contribution >= 0.6 is 0 Å². The Morgan fingerprint density at radius 3 is 1.60 bits per heavy atom. The number of hydrogen-bond donors (Lipinski definition) is 0. The van der Waals surface area contributed by atoms with Crippen LogP contribution in [-0.4, -0.2) is 15.0 Å². The van der Waals surface area contributed by atoms with Crippen molar-refractivity contribution in [2.45, 2.75) is 0 Å². The summed E-state index contributed by atoms with van der Waals surface area (Å²) >= 11 is 0. The van der Waals surface area contributed by atoms with Crippen molar-refractivity contribution in [2.75, 3.05) is 0 Å². The lowest BCUT2D eigenvalue weighted by Crippen LogP contribution is -2.01. The molecule has 0 aliphatic rings. The molecule has 0 saturated carbocycles. The number of para-hydroxylation sites is 1. The number of hydrogen-bond acceptors (Lipinski definition) is 4. The average molecular weight is 602 g/mol. The van der Waals surface area contributed by atoms with Gasteiger partial charge in [-0.1, -0.05) is 133 Å². The quantitative estimate of drug-likeness (QED) is 0.197. The third kappa shape index (κ3) is 4.84. The monoisotopic (exact) mass is 601 g/mol. The molecule has 0 aliphatic carbocycles. The van der Waals surface area contributed by atoms with E-state index in [9.17, 15) is 0 Å². The van der Waals surface area contributed by atoms with Gasteiger partial charge in [-0.25, -0.2) is 15.0 Å². The molecule has 0 amide bonds. The van der Waals surface area contributed by atoms with Gasteiger partial charge in [-0.05, 0) is 58.0 Å². The fraction of sp³-hybridized carbons (Fsp3) is 0. The predicted octanol–water partition coefficient (Wildman–Crippen LogP) is 11.3. The summed E-state index contributed by atoms with van der Waals surface area (Å²) in [4.78, 5) is 15.4. The standard InChI is InChI=1S/C43H27N3O/c1-4-13-28(14-5-1)32-25-33(29-15-6-2-7-16-29)27-34(26-32)42-44-41(31-17-8-3-9-18-31)45-43(46-42)37-21-12-19-30-23-24-36-35-20-10-11-22-38(35)47-40(36)39(30)37/h1-27H. The van der Waals surface area contributed by atoms with Crippen LogP contribution in [0.1, 0.15) is 0 Å². The Bertz CT molecular complexity index is 2500. The van der Waals surface area contributed by atoms with Gasteiger partial charge in [-0.3, -0.25) is 0 Å². The first-order valence-corrected chi connectivity index (χ1v) is 15.7. The van der Waals surface area contributed by atoms with Crippen molar-refractivity contribution in [1.82, 2.24) is 15.0 Å². The van der Waals surface area contributed by atoms with E-state index in [1.165, 1.54) is 0 Å². The van der Waals surface area contributed by atoms with Gasteiger partial charge >= 0.3 is 0 Å². The summed E-state index contributed by atoms with van der Waals surface area (Å²) in [7, 11) is 0. The molecule has 0 saturated heterocycles. The molecule has 9 aromatic rings. The van der Waals surface area contributed by atoms with Gasteiger partial charge in [0.2, 0.25) is 0 Å². The van der Waals surface area contributed by atoms with Crippen LogP contribution in [0.25, 0.3) is 89.1 Å². The molecule has 4 nitrogen and oxygen atoms in total. The van der Waals surface area contributed by atoms with E-state index >= 15 is 0 Å². The molecule has 2 heterocycles. The van der Waals surface area contributed by atoms with Crippen molar-refractivity contribution < 1.29 is 4.42 Å². The average Bonchev–Trinajstić information content (AvgIpc) is 3.54. The highest BCUT2D eigenvalue weighted by Gasteiger charge is 2.19. The highest BCUT2D eigenvalue weighted by Crippen LogP contribution is 2.39. The lowest BCUT2D eigenvalue weighted by molar-refractivity contribution is 0.672. The summed E-state index contributed by atoms with van der Waals surface area (Å²) in [5, 5.41) is 4.21. The van der Waals surface area contributed by atoms with E-state index < -0.39 is 0 Å². The minimum atomic E-state index is 0.596. The molecule has 0 fully saturated rings. The van der Waals surface area contributed by atoms with Crippen LogP contribution in [0.3, 0.4) is 0 Å². The summed E-state index contributed by atoms with van der Waals surface area (Å²) < 4.78 is 6.52. The summed E-state index contributed by atoms with van der Waals surface area (Å²) in [6.45, 7) is 0. The zero-order valence-electron chi connectivity index (χ0n) is 25.3. The summed E-state index contributed by atoms with van der Waals surface area (Å²) in [5.41, 5.74) is 8.89. The third-order valence-corrected chi connectivity index (χ3v) is 8.70. The minimum absolute atomic E-state index is 0.596. The summed E-state index contributed by atoms with van der Waals surface area (Å²) in [6.07, 6.45) is 0. The normalized spacial score (nSPS) is 11.4. The SMILES string of the molecule is c1ccc(-c2cc(-c3ccccc3)cc(-c3nc(-c4ccccc4)nc(-c4cccc5ccc6c7ccccc7oc6c45)n3)c2)cc1. The zero-order valence-corrected chi connectivity index (χ0v) is 25.3. The molecule has 0 spiro atoms. The molecule has 220 valence electrons. The molecule has 2 aromatic heterocycles. The molecule has 9 rings (SSSR count). The van der Waals surface area contributed by atoms with Gasteiger partial charge in [0.05, 0.1) is 0 Å². The fourth-order valence-corrected chi connectivity index (χ4v) is 6.43. The van der Waals surface area contributed by atoms with Gasteiger partial charge in [0.1, 0.15) is 11.2 Å². The van der Waals surface area contributed by atoms with Crippen molar-refractivity contribution in [3.8, 4) is 56.4 Å². The predicted molar refractivity (Wildman–Crippen MR) is 192 cm³/mol. The number of nitrogens with zero attached hydrogens (tertiary/aromatic N) is 3.